The first-order chi connectivity index (χ1) is 9.55. The van der Waals surface area contributed by atoms with Crippen LogP contribution in [-0.4, -0.2) is 49.1 Å². The third-order valence-corrected chi connectivity index (χ3v) is 4.02. The Morgan fingerprint density at radius 1 is 1.55 bits per heavy atom. The minimum Gasteiger partial charge on any atom is -0.496 e. The van der Waals surface area contributed by atoms with Crippen LogP contribution in [0.4, 0.5) is 0 Å². The second kappa shape index (κ2) is 6.78. The van der Waals surface area contributed by atoms with Gasteiger partial charge in [0.25, 0.3) is 5.91 Å². The molecule has 0 bridgehead atoms. The Bertz CT molecular complexity index is 497. The number of nitrogens with zero attached hydrogens (tertiary/aromatic N) is 1. The van der Waals surface area contributed by atoms with Gasteiger partial charge in [0.05, 0.1) is 30.8 Å². The minimum absolute atomic E-state index is 0.0158. The van der Waals surface area contributed by atoms with E-state index in [-0.39, 0.29) is 18.1 Å². The number of carbonyl (C=O) groups excluding carboxylic acids is 1. The van der Waals surface area contributed by atoms with Gasteiger partial charge in [0.1, 0.15) is 5.75 Å². The fraction of sp³-hybridized carbons (Fsp3) is 0.500. The van der Waals surface area contributed by atoms with Crippen molar-refractivity contribution in [3.8, 4) is 5.75 Å². The first-order valence-corrected chi connectivity index (χ1v) is 7.72. The number of methoxy groups -OCH3 is 1. The van der Waals surface area contributed by atoms with Crippen molar-refractivity contribution >= 4 is 33.4 Å². The maximum Gasteiger partial charge on any atom is 0.257 e. The monoisotopic (exact) mass is 361 g/mol. The summed E-state index contributed by atoms with van der Waals surface area (Å²) < 4.78 is 11.8. The first-order valence-electron chi connectivity index (χ1n) is 6.39. The van der Waals surface area contributed by atoms with Crippen LogP contribution in [0.1, 0.15) is 17.3 Å². The fourth-order valence-corrected chi connectivity index (χ4v) is 2.82. The average Bonchev–Trinajstić information content (AvgIpc) is 2.45. The molecular formula is C14H17BrClNO3. The number of carbonyl (C=O) groups is 1. The van der Waals surface area contributed by atoms with Gasteiger partial charge < -0.3 is 14.4 Å². The molecule has 0 aromatic heterocycles. The third kappa shape index (κ3) is 3.45. The van der Waals surface area contributed by atoms with E-state index >= 15 is 0 Å². The number of alkyl halides is 1. The fourth-order valence-electron chi connectivity index (χ4n) is 2.31. The van der Waals surface area contributed by atoms with Crippen LogP contribution in [0, 0.1) is 0 Å². The summed E-state index contributed by atoms with van der Waals surface area (Å²) in [4.78, 5) is 14.4. The molecule has 1 heterocycles. The molecule has 0 aliphatic carbocycles. The number of morpholine rings is 1. The lowest BCUT2D eigenvalue weighted by atomic mass is 10.1. The van der Waals surface area contributed by atoms with Crippen molar-refractivity contribution < 1.29 is 14.3 Å². The maximum absolute atomic E-state index is 12.6. The molecule has 0 spiro atoms. The lowest BCUT2D eigenvalue weighted by Crippen LogP contribution is -2.49. The highest BCUT2D eigenvalue weighted by Gasteiger charge is 2.29. The van der Waals surface area contributed by atoms with E-state index in [1.54, 1.807) is 24.1 Å². The molecule has 0 N–H and O–H groups in total. The van der Waals surface area contributed by atoms with Gasteiger partial charge in [-0.15, -0.1) is 11.6 Å². The van der Waals surface area contributed by atoms with Gasteiger partial charge in [-0.1, -0.05) is 15.9 Å². The Balaban J connectivity index is 2.22. The molecule has 110 valence electrons. The molecule has 20 heavy (non-hydrogen) atoms. The lowest BCUT2D eigenvalue weighted by molar-refractivity contribution is -0.0570. The molecule has 2 rings (SSSR count). The summed E-state index contributed by atoms with van der Waals surface area (Å²) in [6, 6.07) is 5.38. The van der Waals surface area contributed by atoms with Crippen molar-refractivity contribution in [3.63, 3.8) is 0 Å². The van der Waals surface area contributed by atoms with Crippen LogP contribution in [0.5, 0.6) is 5.75 Å². The number of hydrogen-bond acceptors (Lipinski definition) is 3. The molecule has 1 aliphatic heterocycles. The third-order valence-electron chi connectivity index (χ3n) is 3.18. The van der Waals surface area contributed by atoms with Crippen LogP contribution in [0.15, 0.2) is 22.7 Å². The molecule has 2 atom stereocenters. The molecule has 0 radical (unpaired) electrons. The second-order valence-corrected chi connectivity index (χ2v) is 6.00. The quantitative estimate of drug-likeness (QED) is 0.776. The largest absolute Gasteiger partial charge is 0.496 e. The standard InChI is InChI=1S/C14H17BrClNO3/c1-9-7-17(8-11(6-16)20-9)14(18)12-4-3-10(15)5-13(12)19-2/h3-5,9,11H,6-8H2,1-2H3. The number of amides is 1. The summed E-state index contributed by atoms with van der Waals surface area (Å²) in [5, 5.41) is 0. The Morgan fingerprint density at radius 2 is 2.30 bits per heavy atom. The van der Waals surface area contributed by atoms with Crippen LogP contribution < -0.4 is 4.74 Å². The highest BCUT2D eigenvalue weighted by atomic mass is 79.9. The van der Waals surface area contributed by atoms with E-state index in [1.165, 1.54) is 0 Å². The predicted octanol–water partition coefficient (Wildman–Crippen LogP) is 2.93. The molecule has 4 nitrogen and oxygen atoms in total. The normalized spacial score (nSPS) is 22.7. The molecule has 1 saturated heterocycles. The van der Waals surface area contributed by atoms with Crippen molar-refractivity contribution in [2.45, 2.75) is 19.1 Å². The van der Waals surface area contributed by atoms with Crippen LogP contribution in [-0.2, 0) is 4.74 Å². The van der Waals surface area contributed by atoms with Crippen molar-refractivity contribution in [2.75, 3.05) is 26.1 Å². The van der Waals surface area contributed by atoms with E-state index in [9.17, 15) is 4.79 Å². The lowest BCUT2D eigenvalue weighted by Gasteiger charge is -2.36. The number of rotatable bonds is 3. The van der Waals surface area contributed by atoms with E-state index < -0.39 is 0 Å². The van der Waals surface area contributed by atoms with Gasteiger partial charge in [0.2, 0.25) is 0 Å². The van der Waals surface area contributed by atoms with Gasteiger partial charge in [-0.05, 0) is 25.1 Å². The van der Waals surface area contributed by atoms with Gasteiger partial charge in [-0.2, -0.15) is 0 Å². The van der Waals surface area contributed by atoms with Crippen LogP contribution >= 0.6 is 27.5 Å². The summed E-state index contributed by atoms with van der Waals surface area (Å²) in [7, 11) is 1.56. The number of hydrogen-bond donors (Lipinski definition) is 0. The van der Waals surface area contributed by atoms with Gasteiger partial charge in [-0.25, -0.2) is 0 Å². The Kier molecular flexibility index (Phi) is 5.29. The Morgan fingerprint density at radius 3 is 2.95 bits per heavy atom. The molecule has 1 aromatic carbocycles. The zero-order valence-corrected chi connectivity index (χ0v) is 13.8. The molecule has 2 unspecified atom stereocenters. The van der Waals surface area contributed by atoms with Crippen molar-refractivity contribution in [2.24, 2.45) is 0 Å². The highest BCUT2D eigenvalue weighted by molar-refractivity contribution is 9.10. The van der Waals surface area contributed by atoms with Crippen molar-refractivity contribution in [1.29, 1.82) is 0 Å². The molecule has 1 amide bonds. The Labute approximate surface area is 132 Å². The topological polar surface area (TPSA) is 38.8 Å². The van der Waals surface area contributed by atoms with E-state index in [4.69, 9.17) is 21.1 Å². The average molecular weight is 363 g/mol. The number of ether oxygens (including phenoxy) is 2. The molecule has 6 heteroatoms. The van der Waals surface area contributed by atoms with Gasteiger partial charge in [0, 0.05) is 17.6 Å². The van der Waals surface area contributed by atoms with Crippen molar-refractivity contribution in [1.82, 2.24) is 4.90 Å². The Hall–Kier alpha value is -0.780. The molecular weight excluding hydrogens is 346 g/mol. The number of benzene rings is 1. The summed E-state index contributed by atoms with van der Waals surface area (Å²) in [6.45, 7) is 3.01. The van der Waals surface area contributed by atoms with Gasteiger partial charge in [0.15, 0.2) is 0 Å². The van der Waals surface area contributed by atoms with Gasteiger partial charge in [-0.3, -0.25) is 4.79 Å². The second-order valence-electron chi connectivity index (χ2n) is 4.78. The first kappa shape index (κ1) is 15.6. The van der Waals surface area contributed by atoms with E-state index in [0.717, 1.165) is 4.47 Å². The van der Waals surface area contributed by atoms with Crippen LogP contribution in [0.25, 0.3) is 0 Å². The summed E-state index contributed by atoms with van der Waals surface area (Å²) in [5.74, 6) is 0.886. The summed E-state index contributed by atoms with van der Waals surface area (Å²) >= 11 is 9.22. The van der Waals surface area contributed by atoms with Crippen LogP contribution in [0.2, 0.25) is 0 Å². The summed E-state index contributed by atoms with van der Waals surface area (Å²) in [5.41, 5.74) is 0.554. The zero-order chi connectivity index (χ0) is 14.7. The van der Waals surface area contributed by atoms with Gasteiger partial charge >= 0.3 is 0 Å². The SMILES string of the molecule is COc1cc(Br)ccc1C(=O)N1CC(C)OC(CCl)C1. The van der Waals surface area contributed by atoms with E-state index in [1.807, 2.05) is 13.0 Å². The van der Waals surface area contributed by atoms with Crippen LogP contribution in [0.3, 0.4) is 0 Å². The predicted molar refractivity (Wildman–Crippen MR) is 81.7 cm³/mol. The van der Waals surface area contributed by atoms with E-state index in [0.29, 0.717) is 30.3 Å². The smallest absolute Gasteiger partial charge is 0.257 e. The van der Waals surface area contributed by atoms with Crippen molar-refractivity contribution in [3.05, 3.63) is 28.2 Å². The minimum atomic E-state index is -0.120. The van der Waals surface area contributed by atoms with E-state index in [2.05, 4.69) is 15.9 Å². The number of halogens is 2. The summed E-state index contributed by atoms with van der Waals surface area (Å²) in [6.07, 6.45) is -0.135. The molecule has 0 saturated carbocycles. The maximum atomic E-state index is 12.6. The molecule has 1 aromatic rings. The molecule has 1 fully saturated rings. The molecule has 1 aliphatic rings. The zero-order valence-electron chi connectivity index (χ0n) is 11.4. The highest BCUT2D eigenvalue weighted by Crippen LogP contribution is 2.26.